The Hall–Kier alpha value is -3.33. The molecule has 9 heteroatoms. The van der Waals surface area contributed by atoms with Gasteiger partial charge in [0.1, 0.15) is 11.5 Å². The molecule has 1 N–H and O–H groups in total. The molecule has 0 saturated heterocycles. The number of hydrogen-bond acceptors (Lipinski definition) is 4. The van der Waals surface area contributed by atoms with Gasteiger partial charge in [0.15, 0.2) is 0 Å². The number of aromatic nitrogens is 2. The molecule has 146 valence electrons. The average molecular weight is 417 g/mol. The van der Waals surface area contributed by atoms with Crippen molar-refractivity contribution >= 4 is 33.8 Å². The van der Waals surface area contributed by atoms with Crippen LogP contribution in [0.1, 0.15) is 16.1 Å². The van der Waals surface area contributed by atoms with Gasteiger partial charge in [0.2, 0.25) is 0 Å². The van der Waals surface area contributed by atoms with Gasteiger partial charge in [0, 0.05) is 16.3 Å². The number of carbonyl (C=O) groups is 1. The van der Waals surface area contributed by atoms with Crippen LogP contribution < -0.4 is 5.32 Å². The van der Waals surface area contributed by atoms with Crippen molar-refractivity contribution in [2.75, 3.05) is 5.32 Å². The number of anilines is 1. The van der Waals surface area contributed by atoms with Crippen molar-refractivity contribution in [1.29, 1.82) is 0 Å². The summed E-state index contributed by atoms with van der Waals surface area (Å²) in [6.07, 6.45) is -4.82. The fraction of sp³-hybridized carbons (Fsp3) is 0.0500. The molecule has 4 aromatic rings. The molecule has 0 spiro atoms. The Labute approximate surface area is 165 Å². The van der Waals surface area contributed by atoms with Gasteiger partial charge < -0.3 is 5.32 Å². The molecular weight excluding hydrogens is 406 g/mol. The van der Waals surface area contributed by atoms with E-state index in [1.165, 1.54) is 22.9 Å². The van der Waals surface area contributed by atoms with Crippen LogP contribution in [-0.4, -0.2) is 15.9 Å². The van der Waals surface area contributed by atoms with E-state index in [9.17, 15) is 22.4 Å². The predicted molar refractivity (Wildman–Crippen MR) is 102 cm³/mol. The van der Waals surface area contributed by atoms with Gasteiger partial charge in [-0.3, -0.25) is 4.79 Å². The van der Waals surface area contributed by atoms with E-state index in [1.807, 2.05) is 0 Å². The number of benzene rings is 2. The monoisotopic (exact) mass is 417 g/mol. The zero-order chi connectivity index (χ0) is 20.6. The van der Waals surface area contributed by atoms with Crippen LogP contribution in [0.15, 0.2) is 59.4 Å². The highest BCUT2D eigenvalue weighted by molar-refractivity contribution is 7.07. The smallest absolute Gasteiger partial charge is 0.319 e. The number of carbonyl (C=O) groups excluding carboxylic acids is 1. The van der Waals surface area contributed by atoms with Crippen LogP contribution in [0.4, 0.5) is 23.2 Å². The molecule has 0 radical (unpaired) electrons. The summed E-state index contributed by atoms with van der Waals surface area (Å²) in [5, 5.41) is 4.99. The Morgan fingerprint density at radius 3 is 2.62 bits per heavy atom. The Morgan fingerprint density at radius 2 is 1.90 bits per heavy atom. The first-order chi connectivity index (χ1) is 13.8. The molecular formula is C20H11F4N3OS. The first-order valence-electron chi connectivity index (χ1n) is 8.29. The van der Waals surface area contributed by atoms with E-state index in [0.29, 0.717) is 16.6 Å². The third-order valence-corrected chi connectivity index (χ3v) is 4.79. The molecule has 4 rings (SSSR count). The zero-order valence-electron chi connectivity index (χ0n) is 14.5. The minimum Gasteiger partial charge on any atom is -0.319 e. The molecule has 2 aromatic carbocycles. The zero-order valence-corrected chi connectivity index (χ0v) is 15.3. The lowest BCUT2D eigenvalue weighted by atomic mass is 10.1. The first kappa shape index (κ1) is 19.0. The van der Waals surface area contributed by atoms with Gasteiger partial charge >= 0.3 is 6.18 Å². The van der Waals surface area contributed by atoms with Gasteiger partial charge in [-0.15, -0.1) is 11.3 Å². The lowest BCUT2D eigenvalue weighted by molar-refractivity contribution is -0.139. The van der Waals surface area contributed by atoms with Crippen molar-refractivity contribution in [2.24, 2.45) is 0 Å². The molecule has 0 aliphatic carbocycles. The maximum atomic E-state index is 13.6. The summed E-state index contributed by atoms with van der Waals surface area (Å²) in [6.45, 7) is 0. The summed E-state index contributed by atoms with van der Waals surface area (Å²) in [7, 11) is 0. The molecule has 0 unspecified atom stereocenters. The SMILES string of the molecule is O=C(Nc1cccc2ccc(-c3ccc(F)c(C(F)(F)F)c3)nc12)c1cscn1. The number of hydrogen-bond donors (Lipinski definition) is 1. The highest BCUT2D eigenvalue weighted by Crippen LogP contribution is 2.34. The quantitative estimate of drug-likeness (QED) is 0.431. The molecule has 1 amide bonds. The van der Waals surface area contributed by atoms with Crippen molar-refractivity contribution < 1.29 is 22.4 Å². The van der Waals surface area contributed by atoms with Gasteiger partial charge in [-0.2, -0.15) is 13.2 Å². The van der Waals surface area contributed by atoms with Gasteiger partial charge in [-0.25, -0.2) is 14.4 Å². The number of nitrogens with one attached hydrogen (secondary N) is 1. The molecule has 2 heterocycles. The average Bonchev–Trinajstić information content (AvgIpc) is 3.22. The minimum atomic E-state index is -4.82. The Balaban J connectivity index is 1.77. The number of alkyl halides is 3. The van der Waals surface area contributed by atoms with E-state index in [1.54, 1.807) is 35.7 Å². The summed E-state index contributed by atoms with van der Waals surface area (Å²) in [4.78, 5) is 20.7. The molecule has 0 atom stereocenters. The van der Waals surface area contributed by atoms with Crippen molar-refractivity contribution in [3.63, 3.8) is 0 Å². The van der Waals surface area contributed by atoms with Crippen LogP contribution in [-0.2, 0) is 6.18 Å². The maximum Gasteiger partial charge on any atom is 0.419 e. The second-order valence-electron chi connectivity index (χ2n) is 6.09. The highest BCUT2D eigenvalue weighted by atomic mass is 32.1. The number of para-hydroxylation sites is 1. The van der Waals surface area contributed by atoms with E-state index in [0.717, 1.165) is 12.1 Å². The van der Waals surface area contributed by atoms with E-state index in [2.05, 4.69) is 15.3 Å². The molecule has 0 bridgehead atoms. The highest BCUT2D eigenvalue weighted by Gasteiger charge is 2.34. The van der Waals surface area contributed by atoms with Crippen LogP contribution in [0, 0.1) is 5.82 Å². The van der Waals surface area contributed by atoms with E-state index in [4.69, 9.17) is 0 Å². The molecule has 0 saturated carbocycles. The summed E-state index contributed by atoms with van der Waals surface area (Å²) >= 11 is 1.28. The summed E-state index contributed by atoms with van der Waals surface area (Å²) in [6, 6.07) is 11.1. The van der Waals surface area contributed by atoms with Crippen LogP contribution in [0.25, 0.3) is 22.2 Å². The second-order valence-corrected chi connectivity index (χ2v) is 6.81. The minimum absolute atomic E-state index is 0.112. The van der Waals surface area contributed by atoms with E-state index >= 15 is 0 Å². The molecule has 29 heavy (non-hydrogen) atoms. The Bertz CT molecular complexity index is 1210. The molecule has 0 fully saturated rings. The lowest BCUT2D eigenvalue weighted by Crippen LogP contribution is -2.12. The number of fused-ring (bicyclic) bond motifs is 1. The van der Waals surface area contributed by atoms with Crippen molar-refractivity contribution in [3.05, 3.63) is 76.5 Å². The van der Waals surface area contributed by atoms with Gasteiger partial charge in [-0.05, 0) is 30.3 Å². The van der Waals surface area contributed by atoms with Crippen LogP contribution in [0.5, 0.6) is 0 Å². The van der Waals surface area contributed by atoms with Gasteiger partial charge in [-0.1, -0.05) is 18.2 Å². The topological polar surface area (TPSA) is 54.9 Å². The number of thiazole rings is 1. The third-order valence-electron chi connectivity index (χ3n) is 4.20. The molecule has 2 aromatic heterocycles. The van der Waals surface area contributed by atoms with Gasteiger partial charge in [0.25, 0.3) is 5.91 Å². The number of nitrogens with zero attached hydrogens (tertiary/aromatic N) is 2. The van der Waals surface area contributed by atoms with Crippen molar-refractivity contribution in [1.82, 2.24) is 9.97 Å². The number of pyridine rings is 1. The Morgan fingerprint density at radius 1 is 1.07 bits per heavy atom. The molecule has 0 aliphatic rings. The lowest BCUT2D eigenvalue weighted by Gasteiger charge is -2.11. The largest absolute Gasteiger partial charge is 0.419 e. The van der Waals surface area contributed by atoms with E-state index < -0.39 is 23.5 Å². The first-order valence-corrected chi connectivity index (χ1v) is 9.23. The summed E-state index contributed by atoms with van der Waals surface area (Å²) < 4.78 is 52.7. The number of halogens is 4. The Kier molecular flexibility index (Phi) is 4.75. The molecule has 0 aliphatic heterocycles. The van der Waals surface area contributed by atoms with Crippen LogP contribution in [0.2, 0.25) is 0 Å². The van der Waals surface area contributed by atoms with Crippen molar-refractivity contribution in [3.8, 4) is 11.3 Å². The number of amides is 1. The molecule has 4 nitrogen and oxygen atoms in total. The standard InChI is InChI=1S/C20H11F4N3OS/c21-14-6-4-12(8-13(14)20(22,23)24)15-7-5-11-2-1-3-16(18(11)26-15)27-19(28)17-9-29-10-25-17/h1-10H,(H,27,28). The third kappa shape index (κ3) is 3.81. The van der Waals surface area contributed by atoms with E-state index in [-0.39, 0.29) is 17.0 Å². The van der Waals surface area contributed by atoms with Crippen LogP contribution >= 0.6 is 11.3 Å². The normalized spacial score (nSPS) is 11.6. The summed E-state index contributed by atoms with van der Waals surface area (Å²) in [5.74, 6) is -1.77. The fourth-order valence-electron chi connectivity index (χ4n) is 2.82. The van der Waals surface area contributed by atoms with Crippen molar-refractivity contribution in [2.45, 2.75) is 6.18 Å². The fourth-order valence-corrected chi connectivity index (χ4v) is 3.35. The van der Waals surface area contributed by atoms with Gasteiger partial charge in [0.05, 0.1) is 28.0 Å². The summed E-state index contributed by atoms with van der Waals surface area (Å²) in [5.41, 5.74) is 1.53. The predicted octanol–water partition coefficient (Wildman–Crippen LogP) is 5.77. The number of rotatable bonds is 3. The second kappa shape index (κ2) is 7.25. The maximum absolute atomic E-state index is 13.6. The van der Waals surface area contributed by atoms with Crippen LogP contribution in [0.3, 0.4) is 0 Å².